The van der Waals surface area contributed by atoms with Gasteiger partial charge in [0.1, 0.15) is 4.90 Å². The van der Waals surface area contributed by atoms with E-state index in [4.69, 9.17) is 26.8 Å². The predicted octanol–water partition coefficient (Wildman–Crippen LogP) is 2.15. The van der Waals surface area contributed by atoms with Gasteiger partial charge in [0, 0.05) is 24.2 Å². The van der Waals surface area contributed by atoms with Crippen molar-refractivity contribution in [3.8, 4) is 11.5 Å². The maximum absolute atomic E-state index is 12.7. The lowest BCUT2D eigenvalue weighted by Gasteiger charge is -2.31. The van der Waals surface area contributed by atoms with Crippen molar-refractivity contribution in [3.05, 3.63) is 17.2 Å². The van der Waals surface area contributed by atoms with Gasteiger partial charge in [-0.05, 0) is 12.8 Å². The van der Waals surface area contributed by atoms with E-state index in [1.54, 1.807) is 0 Å². The summed E-state index contributed by atoms with van der Waals surface area (Å²) in [6.07, 6.45) is 1.15. The third-order valence-electron chi connectivity index (χ3n) is 3.82. The van der Waals surface area contributed by atoms with Gasteiger partial charge in [-0.1, -0.05) is 25.4 Å². The van der Waals surface area contributed by atoms with E-state index in [2.05, 4.69) is 4.72 Å². The molecule has 0 radical (unpaired) electrons. The number of benzene rings is 1. The van der Waals surface area contributed by atoms with Gasteiger partial charge in [-0.3, -0.25) is 0 Å². The topological polar surface area (TPSA) is 90.7 Å². The number of hydrogen-bond acceptors (Lipinski definition) is 5. The van der Waals surface area contributed by atoms with E-state index >= 15 is 0 Å². The Balaban J connectivity index is 3.34. The zero-order chi connectivity index (χ0) is 17.0. The van der Waals surface area contributed by atoms with Crippen LogP contribution >= 0.6 is 11.6 Å². The van der Waals surface area contributed by atoms with Gasteiger partial charge in [0.25, 0.3) is 0 Å². The van der Waals surface area contributed by atoms with Gasteiger partial charge in [-0.25, -0.2) is 13.1 Å². The maximum Gasteiger partial charge on any atom is 0.242 e. The Morgan fingerprint density at radius 2 is 1.68 bits per heavy atom. The van der Waals surface area contributed by atoms with Crippen molar-refractivity contribution < 1.29 is 17.9 Å². The lowest BCUT2D eigenvalue weighted by atomic mass is 9.95. The Hall–Kier alpha value is -1.02. The van der Waals surface area contributed by atoms with Crippen molar-refractivity contribution >= 4 is 21.6 Å². The Kier molecular flexibility index (Phi) is 6.49. The molecule has 3 N–H and O–H groups in total. The van der Waals surface area contributed by atoms with Crippen LogP contribution in [-0.4, -0.2) is 34.7 Å². The summed E-state index contributed by atoms with van der Waals surface area (Å²) in [4.78, 5) is -0.0634. The number of rotatable bonds is 8. The quantitative estimate of drug-likeness (QED) is 0.749. The predicted molar refractivity (Wildman–Crippen MR) is 87.2 cm³/mol. The van der Waals surface area contributed by atoms with Gasteiger partial charge in [-0.2, -0.15) is 0 Å². The smallest absolute Gasteiger partial charge is 0.242 e. The van der Waals surface area contributed by atoms with Crippen LogP contribution < -0.4 is 19.9 Å². The molecular formula is C14H23ClN2O4S. The first-order valence-electron chi connectivity index (χ1n) is 6.94. The molecule has 0 heterocycles. The molecule has 0 amide bonds. The van der Waals surface area contributed by atoms with Crippen molar-refractivity contribution in [3.63, 3.8) is 0 Å². The molecule has 0 saturated carbocycles. The molecule has 0 bridgehead atoms. The van der Waals surface area contributed by atoms with Crippen LogP contribution in [-0.2, 0) is 10.0 Å². The first kappa shape index (κ1) is 19.0. The van der Waals surface area contributed by atoms with Crippen molar-refractivity contribution in [1.29, 1.82) is 0 Å². The van der Waals surface area contributed by atoms with E-state index in [1.165, 1.54) is 26.4 Å². The van der Waals surface area contributed by atoms with E-state index in [0.717, 1.165) is 0 Å². The fourth-order valence-electron chi connectivity index (χ4n) is 2.11. The minimum atomic E-state index is -3.84. The van der Waals surface area contributed by atoms with Gasteiger partial charge in [-0.15, -0.1) is 0 Å². The van der Waals surface area contributed by atoms with E-state index in [-0.39, 0.29) is 16.5 Å². The van der Waals surface area contributed by atoms with Gasteiger partial charge in [0.2, 0.25) is 10.0 Å². The first-order valence-corrected chi connectivity index (χ1v) is 8.80. The van der Waals surface area contributed by atoms with Crippen molar-refractivity contribution in [1.82, 2.24) is 4.72 Å². The van der Waals surface area contributed by atoms with Crippen LogP contribution in [0.15, 0.2) is 17.0 Å². The fraction of sp³-hybridized carbons (Fsp3) is 0.571. The molecule has 0 aliphatic heterocycles. The monoisotopic (exact) mass is 350 g/mol. The molecule has 126 valence electrons. The highest BCUT2D eigenvalue weighted by molar-refractivity contribution is 7.89. The third-order valence-corrected chi connectivity index (χ3v) is 5.87. The molecule has 0 spiro atoms. The average molecular weight is 351 g/mol. The second-order valence-electron chi connectivity index (χ2n) is 4.93. The van der Waals surface area contributed by atoms with E-state index in [0.29, 0.717) is 24.3 Å². The van der Waals surface area contributed by atoms with Crippen molar-refractivity contribution in [2.45, 2.75) is 37.1 Å². The second-order valence-corrected chi connectivity index (χ2v) is 6.99. The van der Waals surface area contributed by atoms with Crippen LogP contribution in [0, 0.1) is 0 Å². The summed E-state index contributed by atoms with van der Waals surface area (Å²) in [6.45, 7) is 3.97. The van der Waals surface area contributed by atoms with Crippen LogP contribution in [0.25, 0.3) is 0 Å². The summed E-state index contributed by atoms with van der Waals surface area (Å²) in [5.74, 6) is 0.654. The number of nitrogens with one attached hydrogen (secondary N) is 1. The number of nitrogens with two attached hydrogens (primary N) is 1. The zero-order valence-corrected chi connectivity index (χ0v) is 14.8. The molecule has 0 unspecified atom stereocenters. The molecule has 0 atom stereocenters. The highest BCUT2D eigenvalue weighted by Gasteiger charge is 2.32. The molecule has 0 aliphatic rings. The molecular weight excluding hydrogens is 328 g/mol. The lowest BCUT2D eigenvalue weighted by Crippen LogP contribution is -2.52. The highest BCUT2D eigenvalue weighted by Crippen LogP contribution is 2.35. The normalized spacial score (nSPS) is 12.3. The second kappa shape index (κ2) is 7.50. The maximum atomic E-state index is 12.7. The molecule has 1 aromatic carbocycles. The van der Waals surface area contributed by atoms with Gasteiger partial charge in [0.05, 0.1) is 19.2 Å². The summed E-state index contributed by atoms with van der Waals surface area (Å²) >= 11 is 6.09. The third kappa shape index (κ3) is 3.84. The SMILES string of the molecule is CCC(CC)(CN)NS(=O)(=O)c1cc(OC)c(OC)cc1Cl. The van der Waals surface area contributed by atoms with Crippen LogP contribution in [0.1, 0.15) is 26.7 Å². The Morgan fingerprint density at radius 1 is 1.18 bits per heavy atom. The van der Waals surface area contributed by atoms with Crippen LogP contribution in [0.2, 0.25) is 5.02 Å². The summed E-state index contributed by atoms with van der Waals surface area (Å²) in [5, 5.41) is 0.0586. The minimum absolute atomic E-state index is 0.0586. The number of sulfonamides is 1. The molecule has 6 nitrogen and oxygen atoms in total. The fourth-order valence-corrected chi connectivity index (χ4v) is 4.19. The van der Waals surface area contributed by atoms with Crippen molar-refractivity contribution in [2.24, 2.45) is 5.73 Å². The number of methoxy groups -OCH3 is 2. The molecule has 8 heteroatoms. The molecule has 0 fully saturated rings. The summed E-state index contributed by atoms with van der Waals surface area (Å²) in [7, 11) is -0.959. The zero-order valence-electron chi connectivity index (χ0n) is 13.3. The van der Waals surface area contributed by atoms with Gasteiger partial charge in [0.15, 0.2) is 11.5 Å². The van der Waals surface area contributed by atoms with Crippen LogP contribution in [0.3, 0.4) is 0 Å². The van der Waals surface area contributed by atoms with Crippen molar-refractivity contribution in [2.75, 3.05) is 20.8 Å². The summed E-state index contributed by atoms with van der Waals surface area (Å²) < 4.78 is 38.2. The van der Waals surface area contributed by atoms with Crippen LogP contribution in [0.4, 0.5) is 0 Å². The Morgan fingerprint density at radius 3 is 2.09 bits per heavy atom. The minimum Gasteiger partial charge on any atom is -0.493 e. The Bertz CT molecular complexity index is 607. The summed E-state index contributed by atoms with van der Waals surface area (Å²) in [6, 6.07) is 2.76. The molecule has 0 aromatic heterocycles. The number of halogens is 1. The van der Waals surface area contributed by atoms with Gasteiger partial charge >= 0.3 is 0 Å². The van der Waals surface area contributed by atoms with Gasteiger partial charge < -0.3 is 15.2 Å². The largest absolute Gasteiger partial charge is 0.493 e. The van der Waals surface area contributed by atoms with E-state index in [1.807, 2.05) is 13.8 Å². The lowest BCUT2D eigenvalue weighted by molar-refractivity contribution is 0.352. The van der Waals surface area contributed by atoms with Crippen LogP contribution in [0.5, 0.6) is 11.5 Å². The number of ether oxygens (including phenoxy) is 2. The molecule has 0 aliphatic carbocycles. The first-order chi connectivity index (χ1) is 10.3. The molecule has 1 aromatic rings. The molecule has 1 rings (SSSR count). The summed E-state index contributed by atoms with van der Waals surface area (Å²) in [5.41, 5.74) is 5.05. The van der Waals surface area contributed by atoms with E-state index in [9.17, 15) is 8.42 Å². The Labute approximate surface area is 137 Å². The standard InChI is InChI=1S/C14H23ClN2O4S/c1-5-14(6-2,9-16)17-22(18,19)13-8-12(21-4)11(20-3)7-10(13)15/h7-8,17H,5-6,9,16H2,1-4H3. The molecule has 22 heavy (non-hydrogen) atoms. The average Bonchev–Trinajstić information content (AvgIpc) is 2.52. The number of hydrogen-bond donors (Lipinski definition) is 2. The molecule has 0 saturated heterocycles. The highest BCUT2D eigenvalue weighted by atomic mass is 35.5. The van der Waals surface area contributed by atoms with E-state index < -0.39 is 15.6 Å².